The van der Waals surface area contributed by atoms with Crippen LogP contribution in [0.1, 0.15) is 66.6 Å². The standard InChI is InChI=1S/C30H32N2O8/c31-29(38)25-21(34)12-15-10-14-11-19-18(22-9-6-17(40-22)13-32-16-4-2-1-3-5-16)7-8-20(33)24(19)26(35)23(14)27(36)30(15,39)28(25)37/h6-9,14-16,32-34,36,39H,1-5,10-13H2,(H2,31,38)/t14-,15+,30+/m1/s1. The molecule has 1 fully saturated rings. The van der Waals surface area contributed by atoms with Gasteiger partial charge in [-0.05, 0) is 61.4 Å². The van der Waals surface area contributed by atoms with E-state index in [1.54, 1.807) is 6.07 Å². The van der Waals surface area contributed by atoms with Crippen LogP contribution in [-0.4, -0.2) is 49.5 Å². The normalized spacial score (nSPS) is 26.9. The van der Waals surface area contributed by atoms with E-state index >= 15 is 0 Å². The zero-order chi connectivity index (χ0) is 28.3. The largest absolute Gasteiger partial charge is 0.511 e. The van der Waals surface area contributed by atoms with Crippen molar-refractivity contribution in [3.8, 4) is 17.1 Å². The number of hydrogen-bond donors (Lipinski definition) is 6. The molecule has 0 aliphatic heterocycles. The summed E-state index contributed by atoms with van der Waals surface area (Å²) in [4.78, 5) is 38.7. The number of aliphatic hydroxyl groups is 3. The number of nitrogens with one attached hydrogen (secondary N) is 1. The van der Waals surface area contributed by atoms with Gasteiger partial charge in [-0.15, -0.1) is 0 Å². The molecule has 1 aromatic carbocycles. The van der Waals surface area contributed by atoms with Crippen LogP contribution >= 0.6 is 0 Å². The van der Waals surface area contributed by atoms with Crippen molar-refractivity contribution in [1.82, 2.24) is 5.32 Å². The maximum Gasteiger partial charge on any atom is 0.255 e. The summed E-state index contributed by atoms with van der Waals surface area (Å²) in [6.45, 7) is 0.575. The highest BCUT2D eigenvalue weighted by molar-refractivity contribution is 6.24. The summed E-state index contributed by atoms with van der Waals surface area (Å²) in [5.41, 5.74) is 2.83. The van der Waals surface area contributed by atoms with Gasteiger partial charge in [0.15, 0.2) is 11.4 Å². The second-order valence-electron chi connectivity index (χ2n) is 11.4. The van der Waals surface area contributed by atoms with Gasteiger partial charge in [0, 0.05) is 29.5 Å². The predicted molar refractivity (Wildman–Crippen MR) is 142 cm³/mol. The van der Waals surface area contributed by atoms with Gasteiger partial charge in [0.25, 0.3) is 5.91 Å². The zero-order valence-electron chi connectivity index (χ0n) is 21.9. The first-order valence-electron chi connectivity index (χ1n) is 13.8. The molecule has 210 valence electrons. The van der Waals surface area contributed by atoms with E-state index in [2.05, 4.69) is 5.32 Å². The second kappa shape index (κ2) is 9.64. The molecule has 0 saturated heterocycles. The van der Waals surface area contributed by atoms with Crippen molar-refractivity contribution in [2.45, 2.75) is 69.6 Å². The molecule has 4 aliphatic rings. The fourth-order valence-electron chi connectivity index (χ4n) is 7.02. The van der Waals surface area contributed by atoms with E-state index in [4.69, 9.17) is 10.2 Å². The topological polar surface area (TPSA) is 183 Å². The smallest absolute Gasteiger partial charge is 0.255 e. The lowest BCUT2D eigenvalue weighted by atomic mass is 9.60. The van der Waals surface area contributed by atoms with E-state index in [-0.39, 0.29) is 36.1 Å². The summed E-state index contributed by atoms with van der Waals surface area (Å²) in [6, 6.07) is 7.23. The number of fused-ring (bicyclic) bond motifs is 3. The Labute approximate surface area is 230 Å². The van der Waals surface area contributed by atoms with Crippen LogP contribution in [0.25, 0.3) is 11.3 Å². The van der Waals surface area contributed by atoms with Crippen LogP contribution in [0.15, 0.2) is 51.3 Å². The number of primary amides is 1. The van der Waals surface area contributed by atoms with E-state index in [9.17, 15) is 34.8 Å². The van der Waals surface area contributed by atoms with Gasteiger partial charge in [-0.3, -0.25) is 14.4 Å². The molecule has 0 spiro atoms. The Morgan fingerprint density at radius 2 is 1.80 bits per heavy atom. The molecule has 10 nitrogen and oxygen atoms in total. The molecule has 4 aliphatic carbocycles. The molecular weight excluding hydrogens is 516 g/mol. The minimum atomic E-state index is -2.58. The van der Waals surface area contributed by atoms with Crippen LogP contribution in [0.5, 0.6) is 5.75 Å². The lowest BCUT2D eigenvalue weighted by molar-refractivity contribution is -0.144. The molecule has 1 aromatic heterocycles. The van der Waals surface area contributed by atoms with Gasteiger partial charge in [-0.2, -0.15) is 0 Å². The van der Waals surface area contributed by atoms with Crippen molar-refractivity contribution in [2.75, 3.05) is 0 Å². The highest BCUT2D eigenvalue weighted by atomic mass is 16.4. The molecule has 0 bridgehead atoms. The number of carbonyl (C=O) groups is 3. The van der Waals surface area contributed by atoms with Gasteiger partial charge in [-0.25, -0.2) is 0 Å². The van der Waals surface area contributed by atoms with Crippen LogP contribution < -0.4 is 11.1 Å². The van der Waals surface area contributed by atoms with Gasteiger partial charge in [0.05, 0.1) is 12.1 Å². The number of amides is 1. The van der Waals surface area contributed by atoms with Gasteiger partial charge < -0.3 is 35.9 Å². The van der Waals surface area contributed by atoms with E-state index in [1.807, 2.05) is 12.1 Å². The van der Waals surface area contributed by atoms with Crippen molar-refractivity contribution < 1.29 is 39.2 Å². The first kappa shape index (κ1) is 26.3. The molecule has 10 heteroatoms. The Bertz CT molecular complexity index is 1490. The molecule has 40 heavy (non-hydrogen) atoms. The molecule has 1 heterocycles. The maximum atomic E-state index is 13.8. The van der Waals surface area contributed by atoms with Crippen molar-refractivity contribution in [3.63, 3.8) is 0 Å². The number of aromatic hydroxyl groups is 1. The summed E-state index contributed by atoms with van der Waals surface area (Å²) < 4.78 is 6.14. The molecule has 6 rings (SSSR count). The third-order valence-corrected chi connectivity index (χ3v) is 9.04. The Balaban J connectivity index is 1.35. The number of ketones is 2. The number of rotatable bonds is 5. The average molecular weight is 549 g/mol. The van der Waals surface area contributed by atoms with Crippen LogP contribution in [-0.2, 0) is 22.6 Å². The molecule has 0 unspecified atom stereocenters. The van der Waals surface area contributed by atoms with E-state index in [0.29, 0.717) is 29.5 Å². The van der Waals surface area contributed by atoms with Crippen molar-refractivity contribution in [2.24, 2.45) is 17.6 Å². The number of furan rings is 1. The van der Waals surface area contributed by atoms with Gasteiger partial charge in [-0.1, -0.05) is 19.3 Å². The summed E-state index contributed by atoms with van der Waals surface area (Å²) in [5.74, 6) is -5.19. The lowest BCUT2D eigenvalue weighted by Crippen LogP contribution is -2.57. The summed E-state index contributed by atoms with van der Waals surface area (Å²) in [6.07, 6.45) is 6.02. The van der Waals surface area contributed by atoms with Gasteiger partial charge >= 0.3 is 0 Å². The van der Waals surface area contributed by atoms with Gasteiger partial charge in [0.2, 0.25) is 5.78 Å². The minimum absolute atomic E-state index is 0.0348. The van der Waals surface area contributed by atoms with E-state index < -0.39 is 52.0 Å². The zero-order valence-corrected chi connectivity index (χ0v) is 21.9. The predicted octanol–water partition coefficient (Wildman–Crippen LogP) is 3.26. The maximum absolute atomic E-state index is 13.8. The monoisotopic (exact) mass is 548 g/mol. The number of allylic oxidation sites excluding steroid dienone is 2. The molecule has 1 saturated carbocycles. The Hall–Kier alpha value is -3.89. The van der Waals surface area contributed by atoms with Crippen molar-refractivity contribution in [1.29, 1.82) is 0 Å². The number of aliphatic hydroxyl groups excluding tert-OH is 2. The van der Waals surface area contributed by atoms with Crippen molar-refractivity contribution >= 4 is 17.5 Å². The molecule has 0 radical (unpaired) electrons. The van der Waals surface area contributed by atoms with Crippen molar-refractivity contribution in [3.05, 3.63) is 63.8 Å². The Morgan fingerprint density at radius 1 is 1.05 bits per heavy atom. The van der Waals surface area contributed by atoms with E-state index in [0.717, 1.165) is 18.6 Å². The minimum Gasteiger partial charge on any atom is -0.511 e. The summed E-state index contributed by atoms with van der Waals surface area (Å²) in [5, 5.41) is 47.2. The fraction of sp³-hybridized carbons (Fsp3) is 0.433. The third kappa shape index (κ3) is 3.97. The SMILES string of the molecule is NC(=O)C1=C(O)C[C@@H]2C[C@@H]3Cc4c(-c5ccc(CNC6CCCCC6)o5)ccc(O)c4C(=O)C3=C(O)[C@]2(O)C1=O. The average Bonchev–Trinajstić information content (AvgIpc) is 3.39. The molecule has 2 aromatic rings. The summed E-state index contributed by atoms with van der Waals surface area (Å²) in [7, 11) is 0. The number of carbonyl (C=O) groups excluding carboxylic acids is 3. The fourth-order valence-corrected chi connectivity index (χ4v) is 7.02. The number of benzene rings is 1. The number of Topliss-reactive ketones (excluding diaryl/α,β-unsaturated/α-hetero) is 2. The molecular formula is C30H32N2O8. The lowest BCUT2D eigenvalue weighted by Gasteiger charge is -2.45. The Morgan fingerprint density at radius 3 is 2.52 bits per heavy atom. The highest BCUT2D eigenvalue weighted by Crippen LogP contribution is 2.52. The number of nitrogens with two attached hydrogens (primary N) is 1. The molecule has 1 amide bonds. The third-order valence-electron chi connectivity index (χ3n) is 9.04. The van der Waals surface area contributed by atoms with Crippen LogP contribution in [0, 0.1) is 11.8 Å². The van der Waals surface area contributed by atoms with Gasteiger partial charge in [0.1, 0.15) is 34.4 Å². The highest BCUT2D eigenvalue weighted by Gasteiger charge is 2.59. The summed E-state index contributed by atoms with van der Waals surface area (Å²) >= 11 is 0. The second-order valence-corrected chi connectivity index (χ2v) is 11.4. The number of phenols is 1. The van der Waals surface area contributed by atoms with Crippen LogP contribution in [0.4, 0.5) is 0 Å². The quantitative estimate of drug-likeness (QED) is 0.305. The van der Waals surface area contributed by atoms with E-state index in [1.165, 1.54) is 25.3 Å². The Kier molecular flexibility index (Phi) is 6.35. The first-order valence-corrected chi connectivity index (χ1v) is 13.8. The van der Waals surface area contributed by atoms with Crippen LogP contribution in [0.2, 0.25) is 0 Å². The molecule has 3 atom stereocenters. The number of phenolic OH excluding ortho intramolecular Hbond substituents is 1. The number of hydrogen-bond acceptors (Lipinski definition) is 9. The van der Waals surface area contributed by atoms with Crippen LogP contribution in [0.3, 0.4) is 0 Å². The molecule has 7 N–H and O–H groups in total. The first-order chi connectivity index (χ1) is 19.1.